The number of benzene rings is 1. The van der Waals surface area contributed by atoms with Crippen LogP contribution in [0.2, 0.25) is 0 Å². The summed E-state index contributed by atoms with van der Waals surface area (Å²) in [6.45, 7) is 8.75. The third-order valence-electron chi connectivity index (χ3n) is 6.64. The zero-order valence-electron chi connectivity index (χ0n) is 20.2. The smallest absolute Gasteiger partial charge is 0.361 e. The van der Waals surface area contributed by atoms with Crippen LogP contribution in [0, 0.1) is 0 Å². The largest absolute Gasteiger partial charge is 0.462 e. The first-order valence-corrected chi connectivity index (χ1v) is 12.8. The van der Waals surface area contributed by atoms with Crippen LogP contribution in [0.3, 0.4) is 0 Å². The minimum Gasteiger partial charge on any atom is -0.462 e. The highest BCUT2D eigenvalue weighted by atomic mass is 16.5. The van der Waals surface area contributed by atoms with Crippen LogP contribution in [-0.4, -0.2) is 43.2 Å². The fraction of sp³-hybridized carbons (Fsp3) is 0.679. The molecule has 174 valence electrons. The van der Waals surface area contributed by atoms with Crippen LogP contribution in [0.5, 0.6) is 0 Å². The van der Waals surface area contributed by atoms with Crippen LogP contribution in [0.25, 0.3) is 0 Å². The summed E-state index contributed by atoms with van der Waals surface area (Å²) >= 11 is 0. The van der Waals surface area contributed by atoms with E-state index < -0.39 is 0 Å². The van der Waals surface area contributed by atoms with Crippen molar-refractivity contribution in [3.05, 3.63) is 47.5 Å². The van der Waals surface area contributed by atoms with Gasteiger partial charge in [0, 0.05) is 0 Å². The van der Waals surface area contributed by atoms with Gasteiger partial charge in [-0.25, -0.2) is 4.79 Å². The Hall–Kier alpha value is -1.61. The maximum atomic E-state index is 12.6. The second-order valence-electron chi connectivity index (χ2n) is 9.60. The van der Waals surface area contributed by atoms with E-state index in [0.717, 1.165) is 37.0 Å². The number of carbonyl (C=O) groups excluding carboxylic acids is 1. The first-order chi connectivity index (χ1) is 15.1. The molecular formula is C28H46NO2+. The lowest BCUT2D eigenvalue weighted by Crippen LogP contribution is -2.54. The molecule has 1 heterocycles. The lowest BCUT2D eigenvalue weighted by atomic mass is 10.0. The second-order valence-corrected chi connectivity index (χ2v) is 9.60. The Bertz CT molecular complexity index is 632. The van der Waals surface area contributed by atoms with Gasteiger partial charge in [0.25, 0.3) is 0 Å². The van der Waals surface area contributed by atoms with Crippen LogP contribution in [-0.2, 0) is 16.0 Å². The summed E-state index contributed by atoms with van der Waals surface area (Å²) < 4.78 is 6.52. The fourth-order valence-electron chi connectivity index (χ4n) is 4.67. The minimum absolute atomic E-state index is 0.000965. The zero-order valence-corrected chi connectivity index (χ0v) is 20.2. The molecule has 3 heteroatoms. The van der Waals surface area contributed by atoms with Crippen molar-refractivity contribution in [1.29, 1.82) is 0 Å². The van der Waals surface area contributed by atoms with Gasteiger partial charge in [0.15, 0.2) is 6.54 Å². The van der Waals surface area contributed by atoms with Crippen LogP contribution >= 0.6 is 0 Å². The molecule has 0 spiro atoms. The van der Waals surface area contributed by atoms with Gasteiger partial charge in [0.2, 0.25) is 0 Å². The lowest BCUT2D eigenvalue weighted by Gasteiger charge is -2.40. The number of carbonyl (C=O) groups is 1. The summed E-state index contributed by atoms with van der Waals surface area (Å²) in [6, 6.07) is 10.6. The molecule has 1 aromatic rings. The maximum Gasteiger partial charge on any atom is 0.361 e. The van der Waals surface area contributed by atoms with Gasteiger partial charge < -0.3 is 9.22 Å². The Morgan fingerprint density at radius 1 is 0.935 bits per heavy atom. The van der Waals surface area contributed by atoms with Gasteiger partial charge in [-0.2, -0.15) is 0 Å². The molecule has 2 rings (SSSR count). The van der Waals surface area contributed by atoms with E-state index in [2.05, 4.69) is 50.3 Å². The average molecular weight is 429 g/mol. The molecule has 0 saturated carbocycles. The van der Waals surface area contributed by atoms with Crippen molar-refractivity contribution in [2.24, 2.45) is 0 Å². The van der Waals surface area contributed by atoms with Crippen LogP contribution in [0.15, 0.2) is 42.0 Å². The van der Waals surface area contributed by atoms with E-state index in [1.807, 2.05) is 0 Å². The molecule has 0 radical (unpaired) electrons. The molecule has 1 fully saturated rings. The molecule has 0 aliphatic carbocycles. The van der Waals surface area contributed by atoms with Gasteiger partial charge in [0.05, 0.1) is 26.2 Å². The molecule has 1 saturated heterocycles. The lowest BCUT2D eigenvalue weighted by molar-refractivity contribution is -0.920. The van der Waals surface area contributed by atoms with Crippen molar-refractivity contribution in [3.63, 3.8) is 0 Å². The van der Waals surface area contributed by atoms with E-state index in [9.17, 15) is 4.79 Å². The molecule has 1 aliphatic rings. The second kappa shape index (κ2) is 15.2. The predicted molar refractivity (Wildman–Crippen MR) is 131 cm³/mol. The molecule has 0 aromatic heterocycles. The zero-order chi connectivity index (χ0) is 22.2. The Morgan fingerprint density at radius 3 is 2.26 bits per heavy atom. The average Bonchev–Trinajstić information content (AvgIpc) is 2.78. The number of likely N-dealkylation sites (tertiary alicyclic amines) is 1. The number of ether oxygens (including phenoxy) is 1. The molecule has 0 atom stereocenters. The van der Waals surface area contributed by atoms with Crippen molar-refractivity contribution >= 4 is 5.97 Å². The third-order valence-corrected chi connectivity index (χ3v) is 6.64. The van der Waals surface area contributed by atoms with Gasteiger partial charge in [-0.3, -0.25) is 0 Å². The SMILES string of the molecule is CCCCCCCCCCOC(=O)C[N+]1(C/C=C(\C)Cc2ccccc2)CCCCC1. The molecule has 0 amide bonds. The van der Waals surface area contributed by atoms with E-state index in [1.165, 1.54) is 75.3 Å². The number of rotatable bonds is 15. The summed E-state index contributed by atoms with van der Waals surface area (Å²) in [5, 5.41) is 0. The molecule has 1 aromatic carbocycles. The van der Waals surface area contributed by atoms with E-state index >= 15 is 0 Å². The van der Waals surface area contributed by atoms with E-state index in [1.54, 1.807) is 0 Å². The molecule has 3 nitrogen and oxygen atoms in total. The molecule has 0 unspecified atom stereocenters. The number of hydrogen-bond donors (Lipinski definition) is 0. The highest BCUT2D eigenvalue weighted by molar-refractivity contribution is 5.70. The van der Waals surface area contributed by atoms with Crippen molar-refractivity contribution in [2.45, 2.75) is 90.9 Å². The number of nitrogens with zero attached hydrogens (tertiary/aromatic N) is 1. The van der Waals surface area contributed by atoms with Gasteiger partial charge in [0.1, 0.15) is 0 Å². The van der Waals surface area contributed by atoms with E-state index in [-0.39, 0.29) is 5.97 Å². The third kappa shape index (κ3) is 11.0. The summed E-state index contributed by atoms with van der Waals surface area (Å²) in [7, 11) is 0. The number of allylic oxidation sites excluding steroid dienone is 1. The van der Waals surface area contributed by atoms with E-state index in [0.29, 0.717) is 13.2 Å². The predicted octanol–water partition coefficient (Wildman–Crippen LogP) is 6.86. The molecule has 0 bridgehead atoms. The Balaban J connectivity index is 1.72. The molecule has 1 aliphatic heterocycles. The molecule has 0 N–H and O–H groups in total. The minimum atomic E-state index is -0.000965. The van der Waals surface area contributed by atoms with Gasteiger partial charge in [-0.1, -0.05) is 87.8 Å². The fourth-order valence-corrected chi connectivity index (χ4v) is 4.67. The van der Waals surface area contributed by atoms with Crippen LogP contribution in [0.1, 0.15) is 90.0 Å². The first kappa shape index (κ1) is 25.6. The summed E-state index contributed by atoms with van der Waals surface area (Å²) in [6.07, 6.45) is 17.2. The van der Waals surface area contributed by atoms with Crippen LogP contribution in [0.4, 0.5) is 0 Å². The van der Waals surface area contributed by atoms with Crippen molar-refractivity contribution in [2.75, 3.05) is 32.8 Å². The van der Waals surface area contributed by atoms with Gasteiger partial charge in [-0.05, 0) is 50.7 Å². The van der Waals surface area contributed by atoms with Crippen molar-refractivity contribution in [3.8, 4) is 0 Å². The number of piperidine rings is 1. The number of esters is 1. The van der Waals surface area contributed by atoms with E-state index in [4.69, 9.17) is 4.74 Å². The molecule has 31 heavy (non-hydrogen) atoms. The topological polar surface area (TPSA) is 26.3 Å². The standard InChI is InChI=1S/C28H46NO2/c1-3-4-5-6-7-8-9-16-23-31-28(30)25-29(20-14-11-15-21-29)22-19-26(2)24-27-17-12-10-13-18-27/h10,12-13,17-19H,3-9,11,14-16,20-25H2,1-2H3/q+1/b26-19+. The highest BCUT2D eigenvalue weighted by Gasteiger charge is 2.32. The first-order valence-electron chi connectivity index (χ1n) is 12.8. The summed E-state index contributed by atoms with van der Waals surface area (Å²) in [4.78, 5) is 12.6. The quantitative estimate of drug-likeness (QED) is 0.132. The summed E-state index contributed by atoms with van der Waals surface area (Å²) in [5.41, 5.74) is 2.74. The highest BCUT2D eigenvalue weighted by Crippen LogP contribution is 2.20. The van der Waals surface area contributed by atoms with Gasteiger partial charge >= 0.3 is 5.97 Å². The normalized spacial score (nSPS) is 16.3. The number of quaternary nitrogens is 1. The Morgan fingerprint density at radius 2 is 1.58 bits per heavy atom. The number of hydrogen-bond acceptors (Lipinski definition) is 2. The molecular weight excluding hydrogens is 382 g/mol. The van der Waals surface area contributed by atoms with Crippen molar-refractivity contribution in [1.82, 2.24) is 0 Å². The maximum absolute atomic E-state index is 12.6. The number of unbranched alkanes of at least 4 members (excludes halogenated alkanes) is 7. The monoisotopic (exact) mass is 428 g/mol. The Kier molecular flexibility index (Phi) is 12.6. The van der Waals surface area contributed by atoms with Gasteiger partial charge in [-0.15, -0.1) is 0 Å². The Labute approximate surface area is 191 Å². The summed E-state index contributed by atoms with van der Waals surface area (Å²) in [5.74, 6) is -0.000965. The van der Waals surface area contributed by atoms with Crippen LogP contribution < -0.4 is 0 Å². The van der Waals surface area contributed by atoms with Crippen molar-refractivity contribution < 1.29 is 14.0 Å².